The van der Waals surface area contributed by atoms with Gasteiger partial charge in [-0.05, 0) is 25.8 Å². The largest absolute Gasteiger partial charge is 0.300 e. The van der Waals surface area contributed by atoms with E-state index in [-0.39, 0.29) is 6.04 Å². The second-order valence-electron chi connectivity index (χ2n) is 4.00. The summed E-state index contributed by atoms with van der Waals surface area (Å²) in [7, 11) is 0. The Kier molecular flexibility index (Phi) is 4.39. The average molecular weight is 201 g/mol. The number of rotatable bonds is 4. The van der Waals surface area contributed by atoms with Gasteiger partial charge in [-0.25, -0.2) is 0 Å². The Labute approximate surface area is 92.9 Å². The molecule has 0 aliphatic heterocycles. The maximum Gasteiger partial charge on any atom is 0.0686 e. The van der Waals surface area contributed by atoms with E-state index in [0.717, 1.165) is 13.0 Å². The lowest BCUT2D eigenvalue weighted by Crippen LogP contribution is -2.26. The van der Waals surface area contributed by atoms with Crippen molar-refractivity contribution >= 4 is 0 Å². The third-order valence-corrected chi connectivity index (χ3v) is 2.44. The number of hydrogen-bond donors (Lipinski definition) is 1. The molecule has 1 unspecified atom stereocenters. The minimum absolute atomic E-state index is 0.186. The number of aryl methyl sites for hydroxylation is 2. The van der Waals surface area contributed by atoms with Crippen LogP contribution in [0.4, 0.5) is 0 Å². The molecule has 0 spiro atoms. The molecule has 0 heterocycles. The van der Waals surface area contributed by atoms with Crippen molar-refractivity contribution in [2.45, 2.75) is 39.8 Å². The van der Waals surface area contributed by atoms with Crippen molar-refractivity contribution in [1.82, 2.24) is 5.32 Å². The van der Waals surface area contributed by atoms with E-state index in [1.54, 1.807) is 0 Å². The Hall–Kier alpha value is -1.26. The summed E-state index contributed by atoms with van der Waals surface area (Å²) in [5.74, 6) is 2.74. The van der Waals surface area contributed by atoms with Crippen molar-refractivity contribution in [2.75, 3.05) is 0 Å². The van der Waals surface area contributed by atoms with Crippen molar-refractivity contribution in [2.24, 2.45) is 0 Å². The first kappa shape index (κ1) is 11.8. The molecule has 0 amide bonds. The normalized spacial score (nSPS) is 12.1. The first-order valence-electron chi connectivity index (χ1n) is 5.42. The second-order valence-corrected chi connectivity index (χ2v) is 4.00. The molecule has 1 N–H and O–H groups in total. The molecule has 0 saturated heterocycles. The summed E-state index contributed by atoms with van der Waals surface area (Å²) in [6.07, 6.45) is 6.37. The minimum Gasteiger partial charge on any atom is -0.300 e. The Bertz CT molecular complexity index is 340. The van der Waals surface area contributed by atoms with Gasteiger partial charge in [-0.2, -0.15) is 0 Å². The van der Waals surface area contributed by atoms with Crippen LogP contribution in [0.1, 0.15) is 30.0 Å². The lowest BCUT2D eigenvalue weighted by Gasteiger charge is -2.11. The molecule has 1 aromatic rings. The molecule has 0 aliphatic rings. The van der Waals surface area contributed by atoms with Crippen LogP contribution in [0.15, 0.2) is 18.2 Å². The van der Waals surface area contributed by atoms with Gasteiger partial charge in [-0.1, -0.05) is 42.2 Å². The molecule has 1 atom stereocenters. The summed E-state index contributed by atoms with van der Waals surface area (Å²) < 4.78 is 0. The first-order chi connectivity index (χ1) is 7.15. The van der Waals surface area contributed by atoms with Gasteiger partial charge >= 0.3 is 0 Å². The van der Waals surface area contributed by atoms with Crippen LogP contribution in [0.3, 0.4) is 0 Å². The number of nitrogens with one attached hydrogen (secondary N) is 1. The Balaban J connectivity index is 2.62. The van der Waals surface area contributed by atoms with Gasteiger partial charge in [-0.15, -0.1) is 6.42 Å². The van der Waals surface area contributed by atoms with Crippen LogP contribution >= 0.6 is 0 Å². The van der Waals surface area contributed by atoms with Crippen LogP contribution in [0.2, 0.25) is 0 Å². The molecule has 1 rings (SSSR count). The molecule has 1 nitrogen and oxygen atoms in total. The summed E-state index contributed by atoms with van der Waals surface area (Å²) in [5.41, 5.74) is 3.92. The lowest BCUT2D eigenvalue weighted by atomic mass is 10.1. The monoisotopic (exact) mass is 201 g/mol. The average Bonchev–Trinajstić information content (AvgIpc) is 2.18. The highest BCUT2D eigenvalue weighted by molar-refractivity contribution is 5.28. The molecule has 15 heavy (non-hydrogen) atoms. The fourth-order valence-electron chi connectivity index (χ4n) is 1.73. The Morgan fingerprint density at radius 3 is 2.33 bits per heavy atom. The molecule has 0 bridgehead atoms. The molecular weight excluding hydrogens is 182 g/mol. The molecule has 0 aromatic heterocycles. The van der Waals surface area contributed by atoms with Crippen LogP contribution in [0.5, 0.6) is 0 Å². The summed E-state index contributed by atoms with van der Waals surface area (Å²) in [4.78, 5) is 0. The smallest absolute Gasteiger partial charge is 0.0686 e. The lowest BCUT2D eigenvalue weighted by molar-refractivity contribution is 0.592. The molecular formula is C14H19N. The van der Waals surface area contributed by atoms with Crippen molar-refractivity contribution in [3.05, 3.63) is 34.9 Å². The molecule has 0 fully saturated rings. The van der Waals surface area contributed by atoms with Gasteiger partial charge in [-0.3, -0.25) is 5.32 Å². The quantitative estimate of drug-likeness (QED) is 0.739. The standard InChI is InChI=1S/C14H19N/c1-5-14(6-2)15-10-13-8-11(3)7-12(4)9-13/h1,7-9,14-15H,6,10H2,2-4H3. The summed E-state index contributed by atoms with van der Waals surface area (Å²) >= 11 is 0. The van der Waals surface area contributed by atoms with E-state index in [1.807, 2.05) is 0 Å². The van der Waals surface area contributed by atoms with E-state index >= 15 is 0 Å². The molecule has 0 radical (unpaired) electrons. The van der Waals surface area contributed by atoms with Crippen LogP contribution in [0, 0.1) is 26.2 Å². The van der Waals surface area contributed by atoms with E-state index in [9.17, 15) is 0 Å². The van der Waals surface area contributed by atoms with Crippen molar-refractivity contribution in [3.8, 4) is 12.3 Å². The van der Waals surface area contributed by atoms with Gasteiger partial charge in [0.2, 0.25) is 0 Å². The first-order valence-corrected chi connectivity index (χ1v) is 5.42. The fourth-order valence-corrected chi connectivity index (χ4v) is 1.73. The SMILES string of the molecule is C#CC(CC)NCc1cc(C)cc(C)c1. The second kappa shape index (κ2) is 5.58. The van der Waals surface area contributed by atoms with Gasteiger partial charge in [0, 0.05) is 6.54 Å². The molecule has 1 aromatic carbocycles. The minimum atomic E-state index is 0.186. The zero-order valence-electron chi connectivity index (χ0n) is 9.80. The van der Waals surface area contributed by atoms with Crippen LogP contribution in [0.25, 0.3) is 0 Å². The summed E-state index contributed by atoms with van der Waals surface area (Å²) in [6.45, 7) is 7.19. The van der Waals surface area contributed by atoms with Crippen LogP contribution < -0.4 is 5.32 Å². The summed E-state index contributed by atoms with van der Waals surface area (Å²) in [5, 5.41) is 3.35. The molecule has 0 saturated carbocycles. The fraction of sp³-hybridized carbons (Fsp3) is 0.429. The van der Waals surface area contributed by atoms with Gasteiger partial charge < -0.3 is 0 Å². The maximum atomic E-state index is 5.39. The van der Waals surface area contributed by atoms with Crippen LogP contribution in [-0.4, -0.2) is 6.04 Å². The zero-order valence-corrected chi connectivity index (χ0v) is 9.80. The Morgan fingerprint density at radius 2 is 1.87 bits per heavy atom. The third kappa shape index (κ3) is 3.77. The highest BCUT2D eigenvalue weighted by atomic mass is 14.9. The topological polar surface area (TPSA) is 12.0 Å². The Morgan fingerprint density at radius 1 is 1.27 bits per heavy atom. The predicted molar refractivity (Wildman–Crippen MR) is 65.7 cm³/mol. The predicted octanol–water partition coefficient (Wildman–Crippen LogP) is 2.80. The van der Waals surface area contributed by atoms with Gasteiger partial charge in [0.05, 0.1) is 6.04 Å². The number of terminal acetylenes is 1. The molecule has 80 valence electrons. The van der Waals surface area contributed by atoms with E-state index in [0.29, 0.717) is 0 Å². The highest BCUT2D eigenvalue weighted by Gasteiger charge is 2.01. The zero-order chi connectivity index (χ0) is 11.3. The highest BCUT2D eigenvalue weighted by Crippen LogP contribution is 2.08. The summed E-state index contributed by atoms with van der Waals surface area (Å²) in [6, 6.07) is 6.76. The van der Waals surface area contributed by atoms with E-state index in [4.69, 9.17) is 6.42 Å². The van der Waals surface area contributed by atoms with E-state index < -0.39 is 0 Å². The van der Waals surface area contributed by atoms with Crippen molar-refractivity contribution in [3.63, 3.8) is 0 Å². The molecule has 0 aliphatic carbocycles. The number of benzene rings is 1. The van der Waals surface area contributed by atoms with E-state index in [1.165, 1.54) is 16.7 Å². The van der Waals surface area contributed by atoms with Crippen molar-refractivity contribution in [1.29, 1.82) is 0 Å². The maximum absolute atomic E-state index is 5.39. The van der Waals surface area contributed by atoms with Crippen LogP contribution in [-0.2, 0) is 6.54 Å². The molecule has 1 heteroatoms. The van der Waals surface area contributed by atoms with E-state index in [2.05, 4.69) is 50.2 Å². The van der Waals surface area contributed by atoms with Gasteiger partial charge in [0.15, 0.2) is 0 Å². The van der Waals surface area contributed by atoms with Gasteiger partial charge in [0.1, 0.15) is 0 Å². The van der Waals surface area contributed by atoms with Crippen molar-refractivity contribution < 1.29 is 0 Å². The number of hydrogen-bond acceptors (Lipinski definition) is 1. The third-order valence-electron chi connectivity index (χ3n) is 2.44. The van der Waals surface area contributed by atoms with Gasteiger partial charge in [0.25, 0.3) is 0 Å².